The highest BCUT2D eigenvalue weighted by Gasteiger charge is 2.33. The number of amides is 2. The summed E-state index contributed by atoms with van der Waals surface area (Å²) in [6.07, 6.45) is 1.54. The molecule has 19 heavy (non-hydrogen) atoms. The molecule has 2 amide bonds. The average molecular weight is 262 g/mol. The van der Waals surface area contributed by atoms with E-state index in [0.29, 0.717) is 5.06 Å². The molecule has 100 valence electrons. The minimum Gasteiger partial charge on any atom is -0.325 e. The topological polar surface area (TPSA) is 76.6 Å². The van der Waals surface area contributed by atoms with Crippen LogP contribution in [0.25, 0.3) is 0 Å². The van der Waals surface area contributed by atoms with Crippen molar-refractivity contribution in [2.45, 2.75) is 32.6 Å². The molecule has 0 aromatic carbocycles. The first-order valence-corrected chi connectivity index (χ1v) is 6.03. The van der Waals surface area contributed by atoms with Crippen LogP contribution in [0.1, 0.15) is 48.7 Å². The summed E-state index contributed by atoms with van der Waals surface area (Å²) in [7, 11) is 0. The van der Waals surface area contributed by atoms with Gasteiger partial charge < -0.3 is 4.84 Å². The lowest BCUT2D eigenvalue weighted by Crippen LogP contribution is -2.32. The van der Waals surface area contributed by atoms with E-state index in [1.165, 1.54) is 6.20 Å². The number of nitrogens with zero attached hydrogens (tertiary/aromatic N) is 2. The number of hydroxylamine groups is 2. The molecule has 0 atom stereocenters. The number of aromatic nitrogens is 1. The van der Waals surface area contributed by atoms with E-state index < -0.39 is 17.8 Å². The fourth-order valence-corrected chi connectivity index (χ4v) is 1.66. The van der Waals surface area contributed by atoms with Gasteiger partial charge in [0.25, 0.3) is 11.8 Å². The Morgan fingerprint density at radius 3 is 2.37 bits per heavy atom. The molecule has 0 bridgehead atoms. The van der Waals surface area contributed by atoms with Gasteiger partial charge in [0.05, 0.1) is 5.56 Å². The zero-order valence-corrected chi connectivity index (χ0v) is 10.8. The summed E-state index contributed by atoms with van der Waals surface area (Å²) in [5.41, 5.74) is 1.06. The Kier molecular flexibility index (Phi) is 3.59. The molecular formula is C13H14N2O4. The van der Waals surface area contributed by atoms with Gasteiger partial charge in [-0.1, -0.05) is 13.8 Å². The highest BCUT2D eigenvalue weighted by atomic mass is 16.7. The molecular weight excluding hydrogens is 248 g/mol. The number of carbonyl (C=O) groups excluding carboxylic acids is 3. The molecule has 2 rings (SSSR count). The van der Waals surface area contributed by atoms with Gasteiger partial charge in [-0.05, 0) is 18.1 Å². The van der Waals surface area contributed by atoms with Gasteiger partial charge in [-0.3, -0.25) is 14.6 Å². The third-order valence-corrected chi connectivity index (χ3v) is 2.79. The van der Waals surface area contributed by atoms with Crippen molar-refractivity contribution in [1.29, 1.82) is 0 Å². The van der Waals surface area contributed by atoms with Crippen molar-refractivity contribution in [3.8, 4) is 0 Å². The van der Waals surface area contributed by atoms with E-state index in [2.05, 4.69) is 4.98 Å². The number of hydrogen-bond donors (Lipinski definition) is 0. The largest absolute Gasteiger partial charge is 0.365 e. The zero-order valence-electron chi connectivity index (χ0n) is 10.8. The second kappa shape index (κ2) is 5.17. The van der Waals surface area contributed by atoms with Crippen molar-refractivity contribution in [1.82, 2.24) is 10.0 Å². The monoisotopic (exact) mass is 262 g/mol. The normalized spacial score (nSPS) is 15.2. The van der Waals surface area contributed by atoms with Gasteiger partial charge in [0, 0.05) is 24.7 Å². The maximum Gasteiger partial charge on any atom is 0.365 e. The van der Waals surface area contributed by atoms with Crippen LogP contribution in [-0.4, -0.2) is 27.8 Å². The summed E-state index contributed by atoms with van der Waals surface area (Å²) in [5.74, 6) is -1.49. The predicted octanol–water partition coefficient (Wildman–Crippen LogP) is 1.43. The number of carbonyl (C=O) groups is 3. The molecule has 1 aromatic heterocycles. The van der Waals surface area contributed by atoms with Gasteiger partial charge in [0.15, 0.2) is 0 Å². The molecule has 1 saturated heterocycles. The first-order valence-electron chi connectivity index (χ1n) is 6.03. The number of imide groups is 1. The third-order valence-electron chi connectivity index (χ3n) is 2.79. The molecule has 0 radical (unpaired) electrons. The minimum absolute atomic E-state index is 0.0800. The van der Waals surface area contributed by atoms with Gasteiger partial charge in [-0.25, -0.2) is 4.79 Å². The predicted molar refractivity (Wildman–Crippen MR) is 64.8 cm³/mol. The molecule has 6 heteroatoms. The first-order chi connectivity index (χ1) is 8.99. The summed E-state index contributed by atoms with van der Waals surface area (Å²) in [5, 5.41) is 0.526. The van der Waals surface area contributed by atoms with E-state index in [0.717, 1.165) is 5.69 Å². The minimum atomic E-state index is -0.758. The van der Waals surface area contributed by atoms with E-state index in [1.54, 1.807) is 12.1 Å². The molecule has 2 heterocycles. The number of hydrogen-bond acceptors (Lipinski definition) is 5. The lowest BCUT2D eigenvalue weighted by atomic mass is 10.1. The van der Waals surface area contributed by atoms with Crippen LogP contribution in [0.4, 0.5) is 0 Å². The molecule has 1 aliphatic heterocycles. The molecule has 0 N–H and O–H groups in total. The Balaban J connectivity index is 2.07. The Morgan fingerprint density at radius 1 is 1.26 bits per heavy atom. The van der Waals surface area contributed by atoms with Crippen molar-refractivity contribution < 1.29 is 19.2 Å². The summed E-state index contributed by atoms with van der Waals surface area (Å²) < 4.78 is 0. The molecule has 0 aliphatic carbocycles. The highest BCUT2D eigenvalue weighted by Crippen LogP contribution is 2.15. The van der Waals surface area contributed by atoms with E-state index in [4.69, 9.17) is 4.84 Å². The standard InChI is InChI=1S/C13H14N2O4/c1-8(2)10-4-3-9(7-14-10)13(18)19-15-11(16)5-6-12(15)17/h3-4,7-8H,5-6H2,1-2H3. The van der Waals surface area contributed by atoms with Crippen LogP contribution in [-0.2, 0) is 14.4 Å². The summed E-state index contributed by atoms with van der Waals surface area (Å²) in [4.78, 5) is 43.3. The van der Waals surface area contributed by atoms with Crippen molar-refractivity contribution >= 4 is 17.8 Å². The smallest absolute Gasteiger partial charge is 0.325 e. The van der Waals surface area contributed by atoms with Gasteiger partial charge in [0.1, 0.15) is 0 Å². The fourth-order valence-electron chi connectivity index (χ4n) is 1.66. The summed E-state index contributed by atoms with van der Waals surface area (Å²) >= 11 is 0. The second-order valence-corrected chi connectivity index (χ2v) is 4.59. The van der Waals surface area contributed by atoms with E-state index in [1.807, 2.05) is 13.8 Å². The van der Waals surface area contributed by atoms with Gasteiger partial charge in [0.2, 0.25) is 0 Å². The van der Waals surface area contributed by atoms with Crippen LogP contribution in [0.15, 0.2) is 18.3 Å². The van der Waals surface area contributed by atoms with Crippen molar-refractivity contribution in [2.24, 2.45) is 0 Å². The number of rotatable bonds is 3. The molecule has 1 aromatic rings. The van der Waals surface area contributed by atoms with Gasteiger partial charge in [-0.2, -0.15) is 0 Å². The van der Waals surface area contributed by atoms with Crippen LogP contribution >= 0.6 is 0 Å². The third kappa shape index (κ3) is 2.78. The average Bonchev–Trinajstić information content (AvgIpc) is 2.70. The Labute approximate surface area is 110 Å². The van der Waals surface area contributed by atoms with Crippen LogP contribution in [0.5, 0.6) is 0 Å². The first kappa shape index (κ1) is 13.2. The van der Waals surface area contributed by atoms with Crippen LogP contribution in [0, 0.1) is 0 Å². The van der Waals surface area contributed by atoms with Gasteiger partial charge in [-0.15, -0.1) is 5.06 Å². The number of pyridine rings is 1. The van der Waals surface area contributed by atoms with Crippen LogP contribution in [0.3, 0.4) is 0 Å². The maximum absolute atomic E-state index is 11.8. The van der Waals surface area contributed by atoms with Crippen molar-refractivity contribution in [3.63, 3.8) is 0 Å². The Morgan fingerprint density at radius 2 is 1.89 bits per heavy atom. The maximum atomic E-state index is 11.8. The summed E-state index contributed by atoms with van der Waals surface area (Å²) in [6.45, 7) is 3.98. The van der Waals surface area contributed by atoms with Crippen LogP contribution < -0.4 is 0 Å². The zero-order chi connectivity index (χ0) is 14.0. The van der Waals surface area contributed by atoms with Crippen LogP contribution in [0.2, 0.25) is 0 Å². The van der Waals surface area contributed by atoms with Gasteiger partial charge >= 0.3 is 5.97 Å². The lowest BCUT2D eigenvalue weighted by Gasteiger charge is -2.12. The molecule has 0 unspecified atom stereocenters. The quantitative estimate of drug-likeness (QED) is 0.770. The Hall–Kier alpha value is -2.24. The van der Waals surface area contributed by atoms with Crippen molar-refractivity contribution in [2.75, 3.05) is 0 Å². The molecule has 0 saturated carbocycles. The molecule has 1 fully saturated rings. The molecule has 6 nitrogen and oxygen atoms in total. The van der Waals surface area contributed by atoms with E-state index in [9.17, 15) is 14.4 Å². The van der Waals surface area contributed by atoms with Crippen molar-refractivity contribution in [3.05, 3.63) is 29.6 Å². The lowest BCUT2D eigenvalue weighted by molar-refractivity contribution is -0.172. The molecule has 0 spiro atoms. The fraction of sp³-hybridized carbons (Fsp3) is 0.385. The Bertz CT molecular complexity index is 506. The van der Waals surface area contributed by atoms with E-state index in [-0.39, 0.29) is 24.3 Å². The second-order valence-electron chi connectivity index (χ2n) is 4.59. The van der Waals surface area contributed by atoms with E-state index >= 15 is 0 Å². The molecule has 1 aliphatic rings. The SMILES string of the molecule is CC(C)c1ccc(C(=O)ON2C(=O)CCC2=O)cn1. The summed E-state index contributed by atoms with van der Waals surface area (Å²) in [6, 6.07) is 3.28. The highest BCUT2D eigenvalue weighted by molar-refractivity contribution is 6.02.